The Morgan fingerprint density at radius 2 is 1.88 bits per heavy atom. The Bertz CT molecular complexity index is 901. The smallest absolute Gasteiger partial charge is 0.161 e. The van der Waals surface area contributed by atoms with Gasteiger partial charge in [-0.2, -0.15) is 0 Å². The van der Waals surface area contributed by atoms with E-state index in [2.05, 4.69) is 57.2 Å². The standard InChI is InChI=1S/C28H41NO4/c1-9-28(5,6)27-16-21-15-26(33-13-11-12-30-7)25(31-8)17-22(21)24-14-19(3)23(18-29(24)27)20(4)32-10-2/h15,17-18,24,27H,3-4,9-14,16H2,1-2,5-8H3/t24?,27-/m0/s1. The van der Waals surface area contributed by atoms with Crippen LogP contribution in [0.5, 0.6) is 11.5 Å². The third-order valence-corrected chi connectivity index (χ3v) is 7.20. The Balaban J connectivity index is 2.04. The molecule has 3 rings (SSSR count). The summed E-state index contributed by atoms with van der Waals surface area (Å²) in [4.78, 5) is 2.53. The average Bonchev–Trinajstić information content (AvgIpc) is 2.80. The minimum atomic E-state index is 0.128. The van der Waals surface area contributed by atoms with Gasteiger partial charge in [0.05, 0.1) is 26.4 Å². The van der Waals surface area contributed by atoms with E-state index < -0.39 is 0 Å². The predicted molar refractivity (Wildman–Crippen MR) is 134 cm³/mol. The molecule has 2 atom stereocenters. The summed E-state index contributed by atoms with van der Waals surface area (Å²) in [6.45, 7) is 19.4. The maximum atomic E-state index is 6.10. The maximum Gasteiger partial charge on any atom is 0.161 e. The van der Waals surface area contributed by atoms with Gasteiger partial charge in [-0.1, -0.05) is 33.9 Å². The summed E-state index contributed by atoms with van der Waals surface area (Å²) in [5, 5.41) is 0. The zero-order chi connectivity index (χ0) is 24.2. The average molecular weight is 456 g/mol. The second-order valence-corrected chi connectivity index (χ2v) is 9.63. The van der Waals surface area contributed by atoms with E-state index in [1.165, 1.54) is 11.1 Å². The van der Waals surface area contributed by atoms with Gasteiger partial charge < -0.3 is 23.8 Å². The second kappa shape index (κ2) is 10.7. The SMILES string of the molecule is C=C1CC2c3cc(OC)c(OCCCOC)cc3C[C@@H](C(C)(C)CC)N2C=C1C(=C)OCC. The number of ether oxygens (including phenoxy) is 4. The summed E-state index contributed by atoms with van der Waals surface area (Å²) < 4.78 is 22.7. The molecule has 0 amide bonds. The van der Waals surface area contributed by atoms with Crippen molar-refractivity contribution in [3.8, 4) is 11.5 Å². The normalized spacial score (nSPS) is 20.0. The van der Waals surface area contributed by atoms with E-state index in [-0.39, 0.29) is 11.5 Å². The molecule has 0 aliphatic carbocycles. The topological polar surface area (TPSA) is 40.2 Å². The van der Waals surface area contributed by atoms with Gasteiger partial charge >= 0.3 is 0 Å². The van der Waals surface area contributed by atoms with Crippen molar-refractivity contribution in [1.82, 2.24) is 4.90 Å². The van der Waals surface area contributed by atoms with Crippen LogP contribution in [0, 0.1) is 5.41 Å². The largest absolute Gasteiger partial charge is 0.494 e. The fourth-order valence-electron chi connectivity index (χ4n) is 4.87. The molecule has 0 saturated carbocycles. The summed E-state index contributed by atoms with van der Waals surface area (Å²) in [6, 6.07) is 4.90. The van der Waals surface area contributed by atoms with E-state index in [4.69, 9.17) is 18.9 Å². The van der Waals surface area contributed by atoms with E-state index in [0.717, 1.165) is 48.3 Å². The third-order valence-electron chi connectivity index (χ3n) is 7.20. The molecule has 2 heterocycles. The van der Waals surface area contributed by atoms with E-state index in [1.807, 2.05) is 6.92 Å². The van der Waals surface area contributed by atoms with Crippen LogP contribution in [0.2, 0.25) is 0 Å². The lowest BCUT2D eigenvalue weighted by Crippen LogP contribution is -2.50. The molecular formula is C28H41NO4. The molecule has 1 aromatic rings. The highest BCUT2D eigenvalue weighted by Gasteiger charge is 2.43. The van der Waals surface area contributed by atoms with Crippen LogP contribution in [0.15, 0.2) is 48.4 Å². The van der Waals surface area contributed by atoms with Crippen molar-refractivity contribution < 1.29 is 18.9 Å². The number of allylic oxidation sites excluding steroid dienone is 1. The van der Waals surface area contributed by atoms with Gasteiger partial charge in [0, 0.05) is 38.0 Å². The first-order valence-electron chi connectivity index (χ1n) is 12.1. The fourth-order valence-corrected chi connectivity index (χ4v) is 4.87. The lowest BCUT2D eigenvalue weighted by molar-refractivity contribution is 0.0711. The van der Waals surface area contributed by atoms with Crippen LogP contribution >= 0.6 is 0 Å². The summed E-state index contributed by atoms with van der Waals surface area (Å²) in [7, 11) is 3.42. The van der Waals surface area contributed by atoms with E-state index in [1.54, 1.807) is 14.2 Å². The summed E-state index contributed by atoms with van der Waals surface area (Å²) in [5.41, 5.74) is 4.84. The number of nitrogens with zero attached hydrogens (tertiary/aromatic N) is 1. The zero-order valence-electron chi connectivity index (χ0n) is 21.3. The molecule has 1 unspecified atom stereocenters. The molecular weight excluding hydrogens is 414 g/mol. The summed E-state index contributed by atoms with van der Waals surface area (Å²) in [5.74, 6) is 2.29. The van der Waals surface area contributed by atoms with E-state index in [0.29, 0.717) is 31.6 Å². The zero-order valence-corrected chi connectivity index (χ0v) is 21.3. The van der Waals surface area contributed by atoms with Crippen molar-refractivity contribution in [2.45, 2.75) is 65.5 Å². The van der Waals surface area contributed by atoms with Gasteiger partial charge in [0.1, 0.15) is 5.76 Å². The number of benzene rings is 1. The van der Waals surface area contributed by atoms with Gasteiger partial charge in [-0.15, -0.1) is 0 Å². The number of fused-ring (bicyclic) bond motifs is 3. The van der Waals surface area contributed by atoms with Gasteiger partial charge in [-0.25, -0.2) is 0 Å². The van der Waals surface area contributed by atoms with Gasteiger partial charge in [-0.05, 0) is 60.4 Å². The van der Waals surface area contributed by atoms with Crippen molar-refractivity contribution in [1.29, 1.82) is 0 Å². The van der Waals surface area contributed by atoms with Crippen LogP contribution in [0.25, 0.3) is 0 Å². The molecule has 0 saturated heterocycles. The number of methoxy groups -OCH3 is 2. The summed E-state index contributed by atoms with van der Waals surface area (Å²) in [6.07, 6.45) is 5.95. The molecule has 182 valence electrons. The van der Waals surface area contributed by atoms with E-state index >= 15 is 0 Å². The molecule has 0 fully saturated rings. The van der Waals surface area contributed by atoms with Crippen molar-refractivity contribution in [2.24, 2.45) is 5.41 Å². The van der Waals surface area contributed by atoms with Crippen LogP contribution in [-0.4, -0.2) is 45.0 Å². The van der Waals surface area contributed by atoms with Crippen molar-refractivity contribution >= 4 is 0 Å². The molecule has 5 heteroatoms. The minimum Gasteiger partial charge on any atom is -0.494 e. The third kappa shape index (κ3) is 5.24. The molecule has 0 radical (unpaired) electrons. The maximum absolute atomic E-state index is 6.10. The highest BCUT2D eigenvalue weighted by Crippen LogP contribution is 2.50. The molecule has 2 aliphatic heterocycles. The van der Waals surface area contributed by atoms with Gasteiger partial charge in [0.15, 0.2) is 11.5 Å². The molecule has 0 aromatic heterocycles. The minimum absolute atomic E-state index is 0.128. The first-order valence-corrected chi connectivity index (χ1v) is 12.1. The fraction of sp³-hybridized carbons (Fsp3) is 0.571. The van der Waals surface area contributed by atoms with Crippen LogP contribution < -0.4 is 9.47 Å². The van der Waals surface area contributed by atoms with Gasteiger partial charge in [0.2, 0.25) is 0 Å². The van der Waals surface area contributed by atoms with Crippen LogP contribution in [0.1, 0.15) is 64.1 Å². The molecule has 0 N–H and O–H groups in total. The Morgan fingerprint density at radius 3 is 2.52 bits per heavy atom. The van der Waals surface area contributed by atoms with Gasteiger partial charge in [0.25, 0.3) is 0 Å². The Morgan fingerprint density at radius 1 is 1.12 bits per heavy atom. The number of rotatable bonds is 11. The Kier molecular flexibility index (Phi) is 8.17. The monoisotopic (exact) mass is 455 g/mol. The number of hydrogen-bond acceptors (Lipinski definition) is 5. The quantitative estimate of drug-likeness (QED) is 0.293. The molecule has 0 bridgehead atoms. The van der Waals surface area contributed by atoms with Crippen LogP contribution in [0.4, 0.5) is 0 Å². The molecule has 1 aromatic carbocycles. The van der Waals surface area contributed by atoms with E-state index in [9.17, 15) is 0 Å². The highest BCUT2D eigenvalue weighted by atomic mass is 16.5. The highest BCUT2D eigenvalue weighted by molar-refractivity contribution is 5.53. The Labute approximate surface area is 200 Å². The molecule has 0 spiro atoms. The molecule has 2 aliphatic rings. The van der Waals surface area contributed by atoms with Crippen molar-refractivity contribution in [3.05, 3.63) is 59.5 Å². The predicted octanol–water partition coefficient (Wildman–Crippen LogP) is 6.21. The lowest BCUT2D eigenvalue weighted by Gasteiger charge is -2.51. The lowest BCUT2D eigenvalue weighted by atomic mass is 9.72. The Hall–Kier alpha value is -2.40. The van der Waals surface area contributed by atoms with Crippen molar-refractivity contribution in [2.75, 3.05) is 34.0 Å². The first kappa shape index (κ1) is 25.2. The van der Waals surface area contributed by atoms with Crippen LogP contribution in [-0.2, 0) is 15.9 Å². The number of hydrogen-bond donors (Lipinski definition) is 0. The molecule has 5 nitrogen and oxygen atoms in total. The second-order valence-electron chi connectivity index (χ2n) is 9.63. The summed E-state index contributed by atoms with van der Waals surface area (Å²) >= 11 is 0. The molecule has 33 heavy (non-hydrogen) atoms. The van der Waals surface area contributed by atoms with Crippen LogP contribution in [0.3, 0.4) is 0 Å². The van der Waals surface area contributed by atoms with Gasteiger partial charge in [-0.3, -0.25) is 0 Å². The van der Waals surface area contributed by atoms with Crippen molar-refractivity contribution in [3.63, 3.8) is 0 Å². The first-order chi connectivity index (χ1) is 15.8.